The Labute approximate surface area is 161 Å². The van der Waals surface area contributed by atoms with Gasteiger partial charge < -0.3 is 15.0 Å². The highest BCUT2D eigenvalue weighted by molar-refractivity contribution is 9.10. The average Bonchev–Trinajstić information content (AvgIpc) is 2.98. The predicted octanol–water partition coefficient (Wildman–Crippen LogP) is 3.78. The lowest BCUT2D eigenvalue weighted by molar-refractivity contribution is -0.121. The van der Waals surface area contributed by atoms with Crippen LogP contribution in [0.4, 0.5) is 5.69 Å². The first-order valence-electron chi connectivity index (χ1n) is 8.85. The van der Waals surface area contributed by atoms with Gasteiger partial charge in [-0.25, -0.2) is 4.79 Å². The van der Waals surface area contributed by atoms with E-state index >= 15 is 0 Å². The number of rotatable bonds is 4. The van der Waals surface area contributed by atoms with Crippen molar-refractivity contribution >= 4 is 44.4 Å². The number of aromatic amines is 1. The molecule has 0 radical (unpaired) electrons. The predicted molar refractivity (Wildman–Crippen MR) is 105 cm³/mol. The standard InChI is InChI=1S/C19H24BrN3O3/c1-11-5-4-8-23(10-11)12(2)18(24)22-16-14-9-13(20)6-7-15(14)21-17(16)19(25)26-3/h6-7,9,11-12,21H,4-5,8,10H2,1-3H3,(H,22,24). The third kappa shape index (κ3) is 3.78. The van der Waals surface area contributed by atoms with Gasteiger partial charge in [0.15, 0.2) is 0 Å². The Morgan fingerprint density at radius 3 is 2.88 bits per heavy atom. The number of anilines is 1. The first-order chi connectivity index (χ1) is 12.4. The number of carbonyl (C=O) groups is 2. The number of esters is 1. The molecule has 1 aromatic carbocycles. The fourth-order valence-corrected chi connectivity index (χ4v) is 3.88. The molecule has 1 aromatic heterocycles. The van der Waals surface area contributed by atoms with Gasteiger partial charge in [0.25, 0.3) is 0 Å². The number of hydrogen-bond donors (Lipinski definition) is 2. The number of piperidine rings is 1. The van der Waals surface area contributed by atoms with Crippen LogP contribution in [0.15, 0.2) is 22.7 Å². The second-order valence-electron chi connectivity index (χ2n) is 6.96. The Morgan fingerprint density at radius 2 is 2.19 bits per heavy atom. The summed E-state index contributed by atoms with van der Waals surface area (Å²) in [5.74, 6) is -0.0364. The molecule has 1 aliphatic heterocycles. The summed E-state index contributed by atoms with van der Waals surface area (Å²) in [6.45, 7) is 5.96. The van der Waals surface area contributed by atoms with Crippen LogP contribution in [0.1, 0.15) is 37.2 Å². The lowest BCUT2D eigenvalue weighted by Crippen LogP contribution is -2.46. The minimum Gasteiger partial charge on any atom is -0.464 e. The van der Waals surface area contributed by atoms with Gasteiger partial charge in [0, 0.05) is 21.9 Å². The number of halogens is 1. The molecule has 1 amide bonds. The highest BCUT2D eigenvalue weighted by atomic mass is 79.9. The molecule has 6 nitrogen and oxygen atoms in total. The number of ether oxygens (including phenoxy) is 1. The van der Waals surface area contributed by atoms with E-state index < -0.39 is 5.97 Å². The Kier molecular flexibility index (Phi) is 5.67. The minimum atomic E-state index is -0.508. The van der Waals surface area contributed by atoms with Crippen LogP contribution >= 0.6 is 15.9 Å². The number of amides is 1. The summed E-state index contributed by atoms with van der Waals surface area (Å²) in [7, 11) is 1.33. The fourth-order valence-electron chi connectivity index (χ4n) is 3.52. The summed E-state index contributed by atoms with van der Waals surface area (Å²) in [6.07, 6.45) is 2.31. The molecule has 26 heavy (non-hydrogen) atoms. The molecule has 2 aromatic rings. The molecular weight excluding hydrogens is 398 g/mol. The summed E-state index contributed by atoms with van der Waals surface area (Å²) in [5, 5.41) is 3.73. The summed E-state index contributed by atoms with van der Waals surface area (Å²) in [5.41, 5.74) is 1.49. The normalized spacial score (nSPS) is 19.3. The molecule has 2 atom stereocenters. The maximum atomic E-state index is 12.9. The SMILES string of the molecule is COC(=O)c1[nH]c2ccc(Br)cc2c1NC(=O)C(C)N1CCCC(C)C1. The average molecular weight is 422 g/mol. The Morgan fingerprint density at radius 1 is 1.42 bits per heavy atom. The molecule has 140 valence electrons. The zero-order valence-corrected chi connectivity index (χ0v) is 16.9. The number of carbonyl (C=O) groups excluding carboxylic acids is 2. The van der Waals surface area contributed by atoms with Crippen molar-refractivity contribution in [3.63, 3.8) is 0 Å². The number of aromatic nitrogens is 1. The van der Waals surface area contributed by atoms with E-state index in [1.807, 2.05) is 25.1 Å². The van der Waals surface area contributed by atoms with Crippen molar-refractivity contribution in [3.05, 3.63) is 28.4 Å². The van der Waals surface area contributed by atoms with Crippen LogP contribution in [-0.2, 0) is 9.53 Å². The van der Waals surface area contributed by atoms with Gasteiger partial charge in [-0.3, -0.25) is 9.69 Å². The summed E-state index contributed by atoms with van der Waals surface area (Å²) < 4.78 is 5.73. The van der Waals surface area contributed by atoms with Gasteiger partial charge in [0.05, 0.1) is 18.8 Å². The zero-order valence-electron chi connectivity index (χ0n) is 15.3. The van der Waals surface area contributed by atoms with Gasteiger partial charge in [0.2, 0.25) is 5.91 Å². The molecule has 2 unspecified atom stereocenters. The second kappa shape index (κ2) is 7.80. The van der Waals surface area contributed by atoms with E-state index in [0.29, 0.717) is 11.6 Å². The molecule has 2 heterocycles. The van der Waals surface area contributed by atoms with Crippen LogP contribution in [0.25, 0.3) is 10.9 Å². The maximum Gasteiger partial charge on any atom is 0.356 e. The molecule has 7 heteroatoms. The Hall–Kier alpha value is -1.86. The minimum absolute atomic E-state index is 0.120. The first kappa shape index (κ1) is 18.9. The Bertz CT molecular complexity index is 833. The van der Waals surface area contributed by atoms with Gasteiger partial charge >= 0.3 is 5.97 Å². The van der Waals surface area contributed by atoms with Crippen molar-refractivity contribution in [1.82, 2.24) is 9.88 Å². The maximum absolute atomic E-state index is 12.9. The van der Waals surface area contributed by atoms with Crippen molar-refractivity contribution in [1.29, 1.82) is 0 Å². The molecule has 1 aliphatic rings. The second-order valence-corrected chi connectivity index (χ2v) is 7.88. The van der Waals surface area contributed by atoms with Crippen molar-refractivity contribution < 1.29 is 14.3 Å². The van der Waals surface area contributed by atoms with E-state index in [9.17, 15) is 9.59 Å². The van der Waals surface area contributed by atoms with E-state index in [0.717, 1.165) is 34.9 Å². The monoisotopic (exact) mass is 421 g/mol. The quantitative estimate of drug-likeness (QED) is 0.736. The van der Waals surface area contributed by atoms with E-state index in [2.05, 4.69) is 38.1 Å². The molecule has 0 spiro atoms. The molecule has 0 aliphatic carbocycles. The fraction of sp³-hybridized carbons (Fsp3) is 0.474. The molecule has 1 saturated heterocycles. The topological polar surface area (TPSA) is 74.4 Å². The van der Waals surface area contributed by atoms with E-state index in [1.54, 1.807) is 0 Å². The molecule has 2 N–H and O–H groups in total. The van der Waals surface area contributed by atoms with Crippen LogP contribution in [0.2, 0.25) is 0 Å². The van der Waals surface area contributed by atoms with Crippen molar-refractivity contribution in [2.24, 2.45) is 5.92 Å². The van der Waals surface area contributed by atoms with Gasteiger partial charge in [-0.05, 0) is 50.4 Å². The van der Waals surface area contributed by atoms with Gasteiger partial charge in [0.1, 0.15) is 5.69 Å². The number of likely N-dealkylation sites (tertiary alicyclic amines) is 1. The van der Waals surface area contributed by atoms with Crippen LogP contribution in [0.5, 0.6) is 0 Å². The van der Waals surface area contributed by atoms with Crippen LogP contribution in [0.3, 0.4) is 0 Å². The number of nitrogens with zero attached hydrogens (tertiary/aromatic N) is 1. The molecule has 0 saturated carbocycles. The lowest BCUT2D eigenvalue weighted by atomic mass is 9.99. The van der Waals surface area contributed by atoms with Gasteiger partial charge in [-0.1, -0.05) is 22.9 Å². The number of methoxy groups -OCH3 is 1. The lowest BCUT2D eigenvalue weighted by Gasteiger charge is -2.34. The van der Waals surface area contributed by atoms with Crippen molar-refractivity contribution in [2.75, 3.05) is 25.5 Å². The molecule has 3 rings (SSSR count). The number of nitrogens with one attached hydrogen (secondary N) is 2. The van der Waals surface area contributed by atoms with Crippen molar-refractivity contribution in [3.8, 4) is 0 Å². The van der Waals surface area contributed by atoms with E-state index in [4.69, 9.17) is 4.74 Å². The summed E-state index contributed by atoms with van der Waals surface area (Å²) in [6, 6.07) is 5.35. The number of fused-ring (bicyclic) bond motifs is 1. The molecule has 0 bridgehead atoms. The highest BCUT2D eigenvalue weighted by Gasteiger charge is 2.28. The number of H-pyrrole nitrogens is 1. The smallest absolute Gasteiger partial charge is 0.356 e. The highest BCUT2D eigenvalue weighted by Crippen LogP contribution is 2.31. The van der Waals surface area contributed by atoms with Gasteiger partial charge in [-0.2, -0.15) is 0 Å². The first-order valence-corrected chi connectivity index (χ1v) is 9.64. The van der Waals surface area contributed by atoms with Crippen LogP contribution in [0, 0.1) is 5.92 Å². The van der Waals surface area contributed by atoms with Crippen molar-refractivity contribution in [2.45, 2.75) is 32.7 Å². The Balaban J connectivity index is 1.90. The van der Waals surface area contributed by atoms with E-state index in [-0.39, 0.29) is 17.6 Å². The third-order valence-corrected chi connectivity index (χ3v) is 5.51. The zero-order chi connectivity index (χ0) is 18.8. The van der Waals surface area contributed by atoms with Crippen LogP contribution < -0.4 is 5.32 Å². The largest absolute Gasteiger partial charge is 0.464 e. The number of hydrogen-bond acceptors (Lipinski definition) is 4. The van der Waals surface area contributed by atoms with E-state index in [1.165, 1.54) is 13.5 Å². The molecular formula is C19H24BrN3O3. The molecule has 1 fully saturated rings. The third-order valence-electron chi connectivity index (χ3n) is 5.01. The summed E-state index contributed by atoms with van der Waals surface area (Å²) in [4.78, 5) is 30.3. The van der Waals surface area contributed by atoms with Gasteiger partial charge in [-0.15, -0.1) is 0 Å². The summed E-state index contributed by atoms with van der Waals surface area (Å²) >= 11 is 3.44. The van der Waals surface area contributed by atoms with Crippen LogP contribution in [-0.4, -0.2) is 48.0 Å². The number of benzene rings is 1.